The predicted octanol–water partition coefficient (Wildman–Crippen LogP) is 8.94. The van der Waals surface area contributed by atoms with Crippen molar-refractivity contribution < 1.29 is 12.8 Å². The van der Waals surface area contributed by atoms with E-state index >= 15 is 0 Å². The van der Waals surface area contributed by atoms with Crippen LogP contribution in [0.4, 0.5) is 15.2 Å². The number of anilines is 2. The van der Waals surface area contributed by atoms with Crippen LogP contribution in [0.2, 0.25) is 0 Å². The summed E-state index contributed by atoms with van der Waals surface area (Å²) in [5.41, 5.74) is 6.98. The van der Waals surface area contributed by atoms with E-state index in [1.165, 1.54) is 33.3 Å². The Bertz CT molecular complexity index is 1940. The van der Waals surface area contributed by atoms with Gasteiger partial charge in [0.25, 0.3) is 0 Å². The van der Waals surface area contributed by atoms with Crippen molar-refractivity contribution in [2.75, 3.05) is 23.7 Å². The maximum absolute atomic E-state index is 13.6. The van der Waals surface area contributed by atoms with E-state index in [-0.39, 0.29) is 11.6 Å². The summed E-state index contributed by atoms with van der Waals surface area (Å²) in [6, 6.07) is 8.29. The molecule has 3 aromatic rings. The Balaban J connectivity index is 1.75. The molecule has 0 spiro atoms. The van der Waals surface area contributed by atoms with Crippen LogP contribution in [0.5, 0.6) is 0 Å². The van der Waals surface area contributed by atoms with Crippen LogP contribution < -0.4 is 4.90 Å². The van der Waals surface area contributed by atoms with Crippen LogP contribution in [0, 0.1) is 24.1 Å². The molecule has 0 N–H and O–H groups in total. The number of benzene rings is 1. The number of nitriles is 1. The number of unbranched alkanes of at least 4 members (excludes halogenated alkanes) is 1. The van der Waals surface area contributed by atoms with Crippen molar-refractivity contribution in [3.05, 3.63) is 87.5 Å². The Morgan fingerprint density at radius 3 is 2.49 bits per heavy atom. The molecule has 49 heavy (non-hydrogen) atoms. The van der Waals surface area contributed by atoms with E-state index in [0.717, 1.165) is 47.5 Å². The van der Waals surface area contributed by atoms with Crippen LogP contribution in [-0.2, 0) is 16.4 Å². The van der Waals surface area contributed by atoms with Crippen molar-refractivity contribution in [2.24, 2.45) is 4.99 Å². The first-order chi connectivity index (χ1) is 23.5. The van der Waals surface area contributed by atoms with Crippen molar-refractivity contribution in [2.45, 2.75) is 80.6 Å². The molecule has 3 heterocycles. The number of hydrogen-bond acceptors (Lipinski definition) is 8. The van der Waals surface area contributed by atoms with Gasteiger partial charge in [0, 0.05) is 31.1 Å². The minimum absolute atomic E-state index is 0.146. The molecule has 12 heteroatoms. The molecule has 0 saturated carbocycles. The third kappa shape index (κ3) is 8.83. The minimum Gasteiger partial charge on any atom is -0.315 e. The summed E-state index contributed by atoms with van der Waals surface area (Å²) in [6.45, 7) is 15.2. The van der Waals surface area contributed by atoms with Crippen LogP contribution in [0.3, 0.4) is 0 Å². The van der Waals surface area contributed by atoms with E-state index in [4.69, 9.17) is 10.1 Å². The number of aromatic nitrogens is 3. The fourth-order valence-electron chi connectivity index (χ4n) is 5.52. The molecule has 0 aliphatic carbocycles. The molecule has 0 atom stereocenters. The number of allylic oxidation sites excluding steroid dienone is 6. The first kappa shape index (κ1) is 37.5. The average Bonchev–Trinajstić information content (AvgIpc) is 3.78. The molecule has 0 unspecified atom stereocenters. The molecular formula is C37H46FN7O2S2. The second kappa shape index (κ2) is 16.9. The molecule has 9 nitrogen and oxygen atoms in total. The van der Waals surface area contributed by atoms with Gasteiger partial charge in [0.15, 0.2) is 5.13 Å². The summed E-state index contributed by atoms with van der Waals surface area (Å²) < 4.78 is 41.9. The number of nitrogens with zero attached hydrogens (tertiary/aromatic N) is 7. The number of aryl methyl sites for hydroxylation is 1. The van der Waals surface area contributed by atoms with Crippen molar-refractivity contribution in [3.63, 3.8) is 0 Å². The number of rotatable bonds is 13. The van der Waals surface area contributed by atoms with Crippen molar-refractivity contribution in [3.8, 4) is 17.3 Å². The van der Waals surface area contributed by atoms with E-state index in [2.05, 4.69) is 55.8 Å². The van der Waals surface area contributed by atoms with E-state index in [1.807, 2.05) is 30.8 Å². The lowest BCUT2D eigenvalue weighted by Gasteiger charge is -2.20. The fraction of sp³-hybridized carbons (Fsp3) is 0.405. The SMILES string of the molecule is CCC\C=C(\C=C/n1nc(CC)c(N(CC)c2nc(-c3ccc(F)cc3)c(C#N)s2)c1C)C(/C=C(/C)CC)=C\N=C(/C)N1CCCS1(=O)=O. The topological polar surface area (TPSA) is 107 Å². The second-order valence-corrected chi connectivity index (χ2v) is 14.8. The molecule has 1 saturated heterocycles. The van der Waals surface area contributed by atoms with E-state index in [9.17, 15) is 18.1 Å². The zero-order chi connectivity index (χ0) is 35.7. The minimum atomic E-state index is -3.32. The number of aliphatic imine (C=N–C) groups is 1. The van der Waals surface area contributed by atoms with Crippen LogP contribution >= 0.6 is 11.3 Å². The van der Waals surface area contributed by atoms with Crippen LogP contribution in [0.1, 0.15) is 83.5 Å². The number of sulfonamides is 1. The summed E-state index contributed by atoms with van der Waals surface area (Å²) >= 11 is 1.31. The summed E-state index contributed by atoms with van der Waals surface area (Å²) in [7, 11) is -3.32. The van der Waals surface area contributed by atoms with Gasteiger partial charge in [0.05, 0.1) is 22.8 Å². The molecule has 1 aliphatic heterocycles. The molecule has 1 aromatic carbocycles. The normalized spacial score (nSPS) is 15.8. The Morgan fingerprint density at radius 1 is 1.16 bits per heavy atom. The summed E-state index contributed by atoms with van der Waals surface area (Å²) in [6.07, 6.45) is 14.0. The van der Waals surface area contributed by atoms with Gasteiger partial charge in [-0.05, 0) is 94.9 Å². The number of hydrogen-bond donors (Lipinski definition) is 0. The third-order valence-electron chi connectivity index (χ3n) is 8.37. The van der Waals surface area contributed by atoms with Gasteiger partial charge in [-0.15, -0.1) is 0 Å². The van der Waals surface area contributed by atoms with Crippen molar-refractivity contribution in [1.29, 1.82) is 5.26 Å². The average molecular weight is 704 g/mol. The predicted molar refractivity (Wildman–Crippen MR) is 200 cm³/mol. The van der Waals surface area contributed by atoms with Gasteiger partial charge in [0.2, 0.25) is 10.0 Å². The van der Waals surface area contributed by atoms with E-state index in [0.29, 0.717) is 53.0 Å². The summed E-state index contributed by atoms with van der Waals surface area (Å²) in [5, 5.41) is 15.6. The van der Waals surface area contributed by atoms with Gasteiger partial charge in [-0.2, -0.15) is 10.4 Å². The number of halogens is 1. The van der Waals surface area contributed by atoms with Gasteiger partial charge < -0.3 is 4.90 Å². The van der Waals surface area contributed by atoms with Crippen molar-refractivity contribution in [1.82, 2.24) is 19.1 Å². The van der Waals surface area contributed by atoms with Gasteiger partial charge >= 0.3 is 0 Å². The first-order valence-electron chi connectivity index (χ1n) is 16.8. The smallest absolute Gasteiger partial charge is 0.236 e. The molecular weight excluding hydrogens is 658 g/mol. The Morgan fingerprint density at radius 2 is 1.90 bits per heavy atom. The zero-order valence-electron chi connectivity index (χ0n) is 29.5. The maximum Gasteiger partial charge on any atom is 0.236 e. The molecule has 1 aliphatic rings. The molecule has 0 radical (unpaired) electrons. The number of thiazole rings is 1. The fourth-order valence-corrected chi connectivity index (χ4v) is 8.05. The van der Waals surface area contributed by atoms with Gasteiger partial charge in [-0.3, -0.25) is 4.31 Å². The Labute approximate surface area is 294 Å². The summed E-state index contributed by atoms with van der Waals surface area (Å²) in [5.74, 6) is 0.261. The highest BCUT2D eigenvalue weighted by Crippen LogP contribution is 2.38. The maximum atomic E-state index is 13.6. The van der Waals surface area contributed by atoms with Crippen LogP contribution in [-0.4, -0.2) is 52.2 Å². The van der Waals surface area contributed by atoms with E-state index < -0.39 is 10.0 Å². The lowest BCUT2D eigenvalue weighted by molar-refractivity contribution is 0.551. The third-order valence-corrected chi connectivity index (χ3v) is 11.3. The molecule has 4 rings (SSSR count). The molecule has 2 aromatic heterocycles. The molecule has 0 amide bonds. The monoisotopic (exact) mass is 703 g/mol. The van der Waals surface area contributed by atoms with Gasteiger partial charge in [0.1, 0.15) is 28.3 Å². The van der Waals surface area contributed by atoms with Crippen LogP contribution in [0.25, 0.3) is 17.5 Å². The Kier molecular flexibility index (Phi) is 12.9. The Hall–Kier alpha value is -4.34. The molecule has 1 fully saturated rings. The lowest BCUT2D eigenvalue weighted by Crippen LogP contribution is -2.30. The first-order valence-corrected chi connectivity index (χ1v) is 19.2. The van der Waals surface area contributed by atoms with E-state index in [1.54, 1.807) is 25.3 Å². The molecule has 260 valence electrons. The van der Waals surface area contributed by atoms with Gasteiger partial charge in [-0.25, -0.2) is 27.5 Å². The quantitative estimate of drug-likeness (QED) is 0.1000. The molecule has 0 bridgehead atoms. The highest BCUT2D eigenvalue weighted by molar-refractivity contribution is 7.89. The summed E-state index contributed by atoms with van der Waals surface area (Å²) in [4.78, 5) is 12.0. The zero-order valence-corrected chi connectivity index (χ0v) is 31.1. The lowest BCUT2D eigenvalue weighted by atomic mass is 10.0. The second-order valence-electron chi connectivity index (χ2n) is 11.8. The highest BCUT2D eigenvalue weighted by atomic mass is 32.2. The largest absolute Gasteiger partial charge is 0.315 e. The highest BCUT2D eigenvalue weighted by Gasteiger charge is 2.29. The number of amidine groups is 1. The van der Waals surface area contributed by atoms with Crippen molar-refractivity contribution >= 4 is 44.2 Å². The van der Waals surface area contributed by atoms with Gasteiger partial charge in [-0.1, -0.05) is 56.3 Å². The van der Waals surface area contributed by atoms with Crippen LogP contribution in [0.15, 0.2) is 70.4 Å². The standard InChI is InChI=1S/C37H46FN7O2S2/c1-8-12-14-29(31(23-26(5)9-2)25-40-28(7)45-20-13-22-49(45,46)47)19-21-44-27(6)36(33(10-3)42-44)43(11-4)37-41-35(34(24-39)48-37)30-15-17-32(38)18-16-30/h14-19,21,23,25H,8-13,20,22H2,1-7H3/b21-19-,26-23-,29-14-,31-25-,40-28+.